The average molecular weight is 509 g/mol. The third-order valence-electron chi connectivity index (χ3n) is 5.38. The molecule has 0 radical (unpaired) electrons. The van der Waals surface area contributed by atoms with E-state index < -0.39 is 15.8 Å². The molecule has 31 heavy (non-hydrogen) atoms. The van der Waals surface area contributed by atoms with Crippen LogP contribution in [0.15, 0.2) is 34.8 Å². The Labute approximate surface area is 188 Å². The maximum atomic E-state index is 14.2. The highest BCUT2D eigenvalue weighted by molar-refractivity contribution is 9.10. The number of fused-ring (bicyclic) bond motifs is 1. The fourth-order valence-corrected chi connectivity index (χ4v) is 5.03. The van der Waals surface area contributed by atoms with Crippen molar-refractivity contribution in [1.82, 2.24) is 15.1 Å². The molecule has 1 N–H and O–H groups in total. The first-order chi connectivity index (χ1) is 14.7. The normalized spacial score (nSPS) is 14.1. The number of rotatable bonds is 6. The number of benzene rings is 2. The van der Waals surface area contributed by atoms with Crippen LogP contribution in [0.4, 0.5) is 10.1 Å². The Balaban J connectivity index is 2.02. The van der Waals surface area contributed by atoms with Crippen molar-refractivity contribution in [3.8, 4) is 5.69 Å². The van der Waals surface area contributed by atoms with Crippen LogP contribution >= 0.6 is 15.9 Å². The Hall–Kier alpha value is -2.46. The highest BCUT2D eigenvalue weighted by Crippen LogP contribution is 2.46. The lowest BCUT2D eigenvalue weighted by molar-refractivity contribution is 0.0957. The van der Waals surface area contributed by atoms with E-state index >= 15 is 0 Å². The van der Waals surface area contributed by atoms with E-state index in [4.69, 9.17) is 0 Å². The quantitative estimate of drug-likeness (QED) is 0.546. The molecule has 4 rings (SSSR count). The van der Waals surface area contributed by atoms with Crippen LogP contribution in [0.25, 0.3) is 16.6 Å². The van der Waals surface area contributed by atoms with E-state index in [1.165, 1.54) is 28.4 Å². The van der Waals surface area contributed by atoms with Crippen LogP contribution in [0.3, 0.4) is 0 Å². The molecule has 2 aromatic carbocycles. The number of halogens is 2. The smallest absolute Gasteiger partial charge is 0.270 e. The predicted molar refractivity (Wildman–Crippen MR) is 122 cm³/mol. The molecule has 7 nitrogen and oxygen atoms in total. The van der Waals surface area contributed by atoms with Crippen molar-refractivity contribution in [3.63, 3.8) is 0 Å². The molecule has 1 heterocycles. The van der Waals surface area contributed by atoms with Crippen molar-refractivity contribution < 1.29 is 17.6 Å². The summed E-state index contributed by atoms with van der Waals surface area (Å²) in [6, 6.07) is 8.07. The van der Waals surface area contributed by atoms with Gasteiger partial charge in [-0.05, 0) is 71.4 Å². The minimum Gasteiger partial charge on any atom is -0.354 e. The van der Waals surface area contributed by atoms with Gasteiger partial charge in [-0.3, -0.25) is 9.10 Å². The first-order valence-corrected chi connectivity index (χ1v) is 12.5. The maximum absolute atomic E-state index is 14.2. The van der Waals surface area contributed by atoms with Crippen LogP contribution < -0.4 is 9.62 Å². The SMILES string of the molecule is CCN(c1cc2nn(-c3ccc(Br)c(F)c3)c(C(=O)NC)c2cc1C1CC1)S(C)(=O)=O. The van der Waals surface area contributed by atoms with Gasteiger partial charge in [-0.25, -0.2) is 17.5 Å². The van der Waals surface area contributed by atoms with Crippen molar-refractivity contribution in [1.29, 1.82) is 0 Å². The van der Waals surface area contributed by atoms with Gasteiger partial charge in [-0.2, -0.15) is 5.10 Å². The summed E-state index contributed by atoms with van der Waals surface area (Å²) in [5.74, 6) is -0.606. The Morgan fingerprint density at radius 3 is 2.58 bits per heavy atom. The summed E-state index contributed by atoms with van der Waals surface area (Å²) >= 11 is 3.14. The van der Waals surface area contributed by atoms with Crippen LogP contribution in [-0.2, 0) is 10.0 Å². The number of nitrogens with zero attached hydrogens (tertiary/aromatic N) is 3. The molecular formula is C21H22BrFN4O3S. The molecule has 0 saturated heterocycles. The molecule has 1 saturated carbocycles. The topological polar surface area (TPSA) is 84.3 Å². The van der Waals surface area contributed by atoms with E-state index in [0.29, 0.717) is 26.8 Å². The van der Waals surface area contributed by atoms with Gasteiger partial charge < -0.3 is 5.32 Å². The van der Waals surface area contributed by atoms with Gasteiger partial charge in [0.1, 0.15) is 11.5 Å². The lowest BCUT2D eigenvalue weighted by Gasteiger charge is -2.23. The molecule has 1 amide bonds. The summed E-state index contributed by atoms with van der Waals surface area (Å²) in [6.45, 7) is 2.06. The Morgan fingerprint density at radius 2 is 2.03 bits per heavy atom. The molecule has 1 aromatic heterocycles. The minimum absolute atomic E-state index is 0.237. The van der Waals surface area contributed by atoms with Crippen LogP contribution in [0, 0.1) is 5.82 Å². The molecule has 10 heteroatoms. The summed E-state index contributed by atoms with van der Waals surface area (Å²) < 4.78 is 42.1. The van der Waals surface area contributed by atoms with Gasteiger partial charge in [-0.1, -0.05) is 0 Å². The van der Waals surface area contributed by atoms with Crippen molar-refractivity contribution in [3.05, 3.63) is 51.9 Å². The van der Waals surface area contributed by atoms with Gasteiger partial charge in [0.05, 0.1) is 27.6 Å². The molecule has 1 aliphatic carbocycles. The fraction of sp³-hybridized carbons (Fsp3) is 0.333. The zero-order valence-electron chi connectivity index (χ0n) is 17.3. The second-order valence-corrected chi connectivity index (χ2v) is 10.3. The first kappa shape index (κ1) is 21.8. The molecule has 164 valence electrons. The predicted octanol–water partition coefficient (Wildman–Crippen LogP) is 3.95. The molecule has 0 aliphatic heterocycles. The molecule has 1 aliphatic rings. The number of aromatic nitrogens is 2. The number of hydrogen-bond donors (Lipinski definition) is 1. The summed E-state index contributed by atoms with van der Waals surface area (Å²) in [5, 5.41) is 7.77. The van der Waals surface area contributed by atoms with Crippen LogP contribution in [0.1, 0.15) is 41.7 Å². The minimum atomic E-state index is -3.49. The van der Waals surface area contributed by atoms with E-state index in [0.717, 1.165) is 18.4 Å². The number of sulfonamides is 1. The summed E-state index contributed by atoms with van der Waals surface area (Å²) in [6.07, 6.45) is 3.10. The lowest BCUT2D eigenvalue weighted by Crippen LogP contribution is -2.30. The number of carbonyl (C=O) groups is 1. The monoisotopic (exact) mass is 508 g/mol. The van der Waals surface area contributed by atoms with Crippen LogP contribution in [0.5, 0.6) is 0 Å². The van der Waals surface area contributed by atoms with Crippen LogP contribution in [-0.4, -0.2) is 44.0 Å². The molecule has 3 aromatic rings. The maximum Gasteiger partial charge on any atom is 0.270 e. The summed E-state index contributed by atoms with van der Waals surface area (Å²) in [5.41, 5.74) is 2.58. The number of carbonyl (C=O) groups excluding carboxylic acids is 1. The molecule has 0 atom stereocenters. The van der Waals surface area contributed by atoms with Crippen LogP contribution in [0.2, 0.25) is 0 Å². The largest absolute Gasteiger partial charge is 0.354 e. The van der Waals surface area contributed by atoms with E-state index in [9.17, 15) is 17.6 Å². The Kier molecular flexibility index (Phi) is 5.55. The van der Waals surface area contributed by atoms with Gasteiger partial charge in [0.2, 0.25) is 10.0 Å². The lowest BCUT2D eigenvalue weighted by atomic mass is 10.0. The molecular weight excluding hydrogens is 487 g/mol. The Bertz CT molecular complexity index is 1300. The second-order valence-electron chi connectivity index (χ2n) is 7.57. The highest BCUT2D eigenvalue weighted by Gasteiger charge is 2.32. The average Bonchev–Trinajstić information content (AvgIpc) is 3.49. The van der Waals surface area contributed by atoms with Gasteiger partial charge in [0.25, 0.3) is 5.91 Å². The summed E-state index contributed by atoms with van der Waals surface area (Å²) in [4.78, 5) is 12.8. The summed E-state index contributed by atoms with van der Waals surface area (Å²) in [7, 11) is -1.97. The standard InChI is InChI=1S/C21H22BrFN4O3S/c1-4-26(31(3,29)30)19-11-18-15(10-14(19)12-5-6-12)20(21(28)24-2)27(25-18)13-7-8-16(22)17(23)9-13/h7-12H,4-6H2,1-3H3,(H,24,28). The van der Waals surface area contributed by atoms with E-state index in [-0.39, 0.29) is 24.1 Å². The zero-order chi connectivity index (χ0) is 22.5. The van der Waals surface area contributed by atoms with Crippen molar-refractivity contribution in [2.24, 2.45) is 0 Å². The van der Waals surface area contributed by atoms with Crippen molar-refractivity contribution >= 4 is 48.5 Å². The van der Waals surface area contributed by atoms with E-state index in [1.54, 1.807) is 25.1 Å². The Morgan fingerprint density at radius 1 is 1.32 bits per heavy atom. The first-order valence-electron chi connectivity index (χ1n) is 9.87. The van der Waals surface area contributed by atoms with Gasteiger partial charge in [0, 0.05) is 25.0 Å². The van der Waals surface area contributed by atoms with Gasteiger partial charge in [-0.15, -0.1) is 0 Å². The number of hydrogen-bond acceptors (Lipinski definition) is 4. The number of amides is 1. The highest BCUT2D eigenvalue weighted by atomic mass is 79.9. The van der Waals surface area contributed by atoms with Crippen molar-refractivity contribution in [2.75, 3.05) is 24.2 Å². The molecule has 0 spiro atoms. The zero-order valence-corrected chi connectivity index (χ0v) is 19.7. The number of anilines is 1. The number of nitrogens with one attached hydrogen (secondary N) is 1. The molecule has 0 unspecified atom stereocenters. The fourth-order valence-electron chi connectivity index (χ4n) is 3.80. The molecule has 1 fully saturated rings. The second kappa shape index (κ2) is 7.90. The molecule has 0 bridgehead atoms. The van der Waals surface area contributed by atoms with Crippen molar-refractivity contribution in [2.45, 2.75) is 25.7 Å². The van der Waals surface area contributed by atoms with Gasteiger partial charge in [0.15, 0.2) is 0 Å². The third-order valence-corrected chi connectivity index (χ3v) is 7.28. The third kappa shape index (κ3) is 3.94. The van der Waals surface area contributed by atoms with Gasteiger partial charge >= 0.3 is 0 Å². The van der Waals surface area contributed by atoms with E-state index in [2.05, 4.69) is 26.3 Å². The van der Waals surface area contributed by atoms with E-state index in [1.807, 2.05) is 6.07 Å².